The Hall–Kier alpha value is -2.96. The fourth-order valence-electron chi connectivity index (χ4n) is 2.26. The van der Waals surface area contributed by atoms with Crippen LogP contribution in [0.5, 0.6) is 5.75 Å². The highest BCUT2D eigenvalue weighted by atomic mass is 32.2. The van der Waals surface area contributed by atoms with Crippen LogP contribution in [0, 0.1) is 11.3 Å². The molecule has 7 nitrogen and oxygen atoms in total. The molecule has 1 N–H and O–H groups in total. The molecule has 2 aromatic carbocycles. The number of amides is 1. The van der Waals surface area contributed by atoms with E-state index in [1.807, 2.05) is 6.07 Å². The highest BCUT2D eigenvalue weighted by Gasteiger charge is 2.17. The van der Waals surface area contributed by atoms with Gasteiger partial charge in [-0.25, -0.2) is 13.4 Å². The van der Waals surface area contributed by atoms with Crippen molar-refractivity contribution in [2.24, 2.45) is 0 Å². The van der Waals surface area contributed by atoms with Crippen molar-refractivity contribution in [2.45, 2.75) is 17.9 Å². The number of aromatic nitrogens is 1. The van der Waals surface area contributed by atoms with Crippen LogP contribution in [-0.4, -0.2) is 31.7 Å². The zero-order valence-corrected chi connectivity index (χ0v) is 16.1. The van der Waals surface area contributed by atoms with Gasteiger partial charge in [0.15, 0.2) is 21.1 Å². The number of fused-ring (bicyclic) bond motifs is 1. The maximum absolute atomic E-state index is 12.3. The summed E-state index contributed by atoms with van der Waals surface area (Å²) in [6.07, 6.45) is 0.358. The molecule has 1 aromatic heterocycles. The van der Waals surface area contributed by atoms with Gasteiger partial charge in [-0.05, 0) is 49.4 Å². The fraction of sp³-hybridized carbons (Fsp3) is 0.167. The summed E-state index contributed by atoms with van der Waals surface area (Å²) in [7, 11) is -3.31. The number of ether oxygens (including phenoxy) is 1. The van der Waals surface area contributed by atoms with E-state index in [2.05, 4.69) is 10.3 Å². The zero-order valence-electron chi connectivity index (χ0n) is 14.5. The van der Waals surface area contributed by atoms with E-state index in [-0.39, 0.29) is 10.8 Å². The smallest absolute Gasteiger partial charge is 0.266 e. The number of nitrogens with one attached hydrogen (secondary N) is 1. The summed E-state index contributed by atoms with van der Waals surface area (Å²) in [6, 6.07) is 13.1. The second kappa shape index (κ2) is 7.34. The molecule has 1 heterocycles. The van der Waals surface area contributed by atoms with Gasteiger partial charge in [-0.3, -0.25) is 10.1 Å². The Morgan fingerprint density at radius 2 is 1.96 bits per heavy atom. The van der Waals surface area contributed by atoms with E-state index < -0.39 is 15.9 Å². The summed E-state index contributed by atoms with van der Waals surface area (Å²) < 4.78 is 29.5. The van der Waals surface area contributed by atoms with Crippen molar-refractivity contribution in [3.63, 3.8) is 0 Å². The minimum absolute atomic E-state index is 0.203. The Bertz CT molecular complexity index is 1150. The molecule has 138 valence electrons. The van der Waals surface area contributed by atoms with E-state index in [9.17, 15) is 13.2 Å². The number of benzene rings is 2. The van der Waals surface area contributed by atoms with Crippen molar-refractivity contribution in [3.8, 4) is 11.8 Å². The molecule has 0 aliphatic carbocycles. The molecule has 0 aliphatic heterocycles. The molecule has 1 unspecified atom stereocenters. The van der Waals surface area contributed by atoms with Crippen LogP contribution >= 0.6 is 11.3 Å². The second-order valence-electron chi connectivity index (χ2n) is 5.81. The third-order valence-corrected chi connectivity index (χ3v) is 5.73. The van der Waals surface area contributed by atoms with E-state index in [0.717, 1.165) is 6.26 Å². The Labute approximate surface area is 160 Å². The lowest BCUT2D eigenvalue weighted by Gasteiger charge is -2.13. The van der Waals surface area contributed by atoms with E-state index in [4.69, 9.17) is 10.00 Å². The number of sulfone groups is 1. The number of thiazole rings is 1. The molecule has 0 saturated carbocycles. The number of carbonyl (C=O) groups is 1. The van der Waals surface area contributed by atoms with Crippen molar-refractivity contribution in [3.05, 3.63) is 48.0 Å². The third kappa shape index (κ3) is 4.42. The lowest BCUT2D eigenvalue weighted by molar-refractivity contribution is -0.122. The fourth-order valence-corrected chi connectivity index (χ4v) is 3.89. The van der Waals surface area contributed by atoms with E-state index in [0.29, 0.717) is 26.7 Å². The first-order valence-corrected chi connectivity index (χ1v) is 10.6. The average Bonchev–Trinajstić information content (AvgIpc) is 3.02. The third-order valence-electron chi connectivity index (χ3n) is 3.68. The van der Waals surface area contributed by atoms with Gasteiger partial charge in [0, 0.05) is 6.26 Å². The van der Waals surface area contributed by atoms with Crippen LogP contribution in [0.15, 0.2) is 47.4 Å². The molecular formula is C18H15N3O4S2. The van der Waals surface area contributed by atoms with Crippen molar-refractivity contribution in [1.29, 1.82) is 5.26 Å². The minimum Gasteiger partial charge on any atom is -0.481 e. The monoisotopic (exact) mass is 401 g/mol. The topological polar surface area (TPSA) is 109 Å². The first-order valence-electron chi connectivity index (χ1n) is 7.84. The summed E-state index contributed by atoms with van der Waals surface area (Å²) in [6.45, 7) is 1.60. The number of hydrogen-bond donors (Lipinski definition) is 1. The Kier molecular flexibility index (Phi) is 5.12. The van der Waals surface area contributed by atoms with Crippen molar-refractivity contribution in [1.82, 2.24) is 4.98 Å². The van der Waals surface area contributed by atoms with Crippen LogP contribution < -0.4 is 10.1 Å². The van der Waals surface area contributed by atoms with Crippen LogP contribution in [0.4, 0.5) is 5.13 Å². The highest BCUT2D eigenvalue weighted by molar-refractivity contribution is 7.90. The van der Waals surface area contributed by atoms with Gasteiger partial charge in [0.1, 0.15) is 5.75 Å². The van der Waals surface area contributed by atoms with Gasteiger partial charge >= 0.3 is 0 Å². The number of rotatable bonds is 5. The Balaban J connectivity index is 1.71. The normalized spacial score (nSPS) is 12.3. The standard InChI is InChI=1S/C18H15N3O4S2/c1-11(25-13-5-3-12(10-19)4-6-13)17(22)21-18-20-15-8-7-14(27(2,23)24)9-16(15)26-18/h3-9,11H,1-2H3,(H,20,21,22). The van der Waals surface area contributed by atoms with Crippen molar-refractivity contribution in [2.75, 3.05) is 11.6 Å². The molecule has 9 heteroatoms. The van der Waals surface area contributed by atoms with Crippen molar-refractivity contribution >= 4 is 42.4 Å². The summed E-state index contributed by atoms with van der Waals surface area (Å²) in [5, 5.41) is 11.8. The van der Waals surface area contributed by atoms with Crippen LogP contribution in [-0.2, 0) is 14.6 Å². The lowest BCUT2D eigenvalue weighted by Crippen LogP contribution is -2.30. The molecule has 27 heavy (non-hydrogen) atoms. The molecule has 0 spiro atoms. The quantitative estimate of drug-likeness (QED) is 0.704. The number of hydrogen-bond acceptors (Lipinski definition) is 7. The number of anilines is 1. The number of carbonyl (C=O) groups excluding carboxylic acids is 1. The average molecular weight is 401 g/mol. The van der Waals surface area contributed by atoms with Gasteiger partial charge in [-0.2, -0.15) is 5.26 Å². The number of nitrogens with zero attached hydrogens (tertiary/aromatic N) is 2. The maximum Gasteiger partial charge on any atom is 0.266 e. The van der Waals surface area contributed by atoms with Crippen LogP contribution in [0.25, 0.3) is 10.2 Å². The van der Waals surface area contributed by atoms with Gasteiger partial charge < -0.3 is 4.74 Å². The Morgan fingerprint density at radius 3 is 2.59 bits per heavy atom. The predicted octanol–water partition coefficient (Wildman–Crippen LogP) is 2.98. The van der Waals surface area contributed by atoms with Crippen LogP contribution in [0.1, 0.15) is 12.5 Å². The Morgan fingerprint density at radius 1 is 1.26 bits per heavy atom. The second-order valence-corrected chi connectivity index (χ2v) is 8.85. The first-order chi connectivity index (χ1) is 12.8. The van der Waals surface area contributed by atoms with Crippen molar-refractivity contribution < 1.29 is 17.9 Å². The summed E-state index contributed by atoms with van der Waals surface area (Å²) in [5.41, 5.74) is 1.10. The molecular weight excluding hydrogens is 386 g/mol. The molecule has 0 bridgehead atoms. The molecule has 0 aliphatic rings. The van der Waals surface area contributed by atoms with E-state index in [1.54, 1.807) is 37.3 Å². The molecule has 3 aromatic rings. The molecule has 0 radical (unpaired) electrons. The number of nitriles is 1. The lowest BCUT2D eigenvalue weighted by atomic mass is 10.2. The molecule has 3 rings (SSSR count). The summed E-state index contributed by atoms with van der Waals surface area (Å²) in [5.74, 6) is 0.0838. The SMILES string of the molecule is CC(Oc1ccc(C#N)cc1)C(=O)Nc1nc2ccc(S(C)(=O)=O)cc2s1. The molecule has 1 amide bonds. The summed E-state index contributed by atoms with van der Waals surface area (Å²) in [4.78, 5) is 16.8. The highest BCUT2D eigenvalue weighted by Crippen LogP contribution is 2.28. The van der Waals surface area contributed by atoms with Crippen LogP contribution in [0.3, 0.4) is 0 Å². The van der Waals surface area contributed by atoms with Gasteiger partial charge in [0.05, 0.1) is 26.7 Å². The first kappa shape index (κ1) is 18.8. The summed E-state index contributed by atoms with van der Waals surface area (Å²) >= 11 is 1.19. The minimum atomic E-state index is -3.31. The van der Waals surface area contributed by atoms with Crippen LogP contribution in [0.2, 0.25) is 0 Å². The molecule has 0 fully saturated rings. The van der Waals surface area contributed by atoms with Gasteiger partial charge in [-0.1, -0.05) is 11.3 Å². The largest absolute Gasteiger partial charge is 0.481 e. The maximum atomic E-state index is 12.3. The molecule has 0 saturated heterocycles. The zero-order chi connectivity index (χ0) is 19.6. The predicted molar refractivity (Wildman–Crippen MR) is 103 cm³/mol. The van der Waals surface area contributed by atoms with Gasteiger partial charge in [0.25, 0.3) is 5.91 Å². The van der Waals surface area contributed by atoms with E-state index in [1.165, 1.54) is 23.5 Å². The van der Waals surface area contributed by atoms with E-state index >= 15 is 0 Å². The van der Waals surface area contributed by atoms with Gasteiger partial charge in [0.2, 0.25) is 0 Å². The van der Waals surface area contributed by atoms with Gasteiger partial charge in [-0.15, -0.1) is 0 Å². The molecule has 1 atom stereocenters.